The molecule has 1 aromatic heterocycles. The van der Waals surface area contributed by atoms with Crippen LogP contribution in [0.15, 0.2) is 32.9 Å². The molecule has 0 saturated carbocycles. The highest BCUT2D eigenvalue weighted by molar-refractivity contribution is 9.10. The molecule has 0 aliphatic carbocycles. The van der Waals surface area contributed by atoms with Crippen molar-refractivity contribution in [3.8, 4) is 0 Å². The van der Waals surface area contributed by atoms with E-state index in [0.29, 0.717) is 5.13 Å². The number of benzene rings is 1. The number of amides is 1. The van der Waals surface area contributed by atoms with Crippen molar-refractivity contribution in [2.45, 2.75) is 17.6 Å². The van der Waals surface area contributed by atoms with Crippen LogP contribution in [0.5, 0.6) is 0 Å². The van der Waals surface area contributed by atoms with Gasteiger partial charge in [-0.25, -0.2) is 4.98 Å². The molecule has 0 aliphatic heterocycles. The number of anilines is 2. The van der Waals surface area contributed by atoms with E-state index in [0.717, 1.165) is 26.5 Å². The molecule has 1 aromatic carbocycles. The van der Waals surface area contributed by atoms with E-state index in [4.69, 9.17) is 5.73 Å². The van der Waals surface area contributed by atoms with Crippen LogP contribution in [0.1, 0.15) is 12.6 Å². The van der Waals surface area contributed by atoms with Gasteiger partial charge in [0, 0.05) is 33.1 Å². The van der Waals surface area contributed by atoms with Gasteiger partial charge in [-0.15, -0.1) is 23.1 Å². The number of hydrogen-bond donors (Lipinski definition) is 2. The summed E-state index contributed by atoms with van der Waals surface area (Å²) in [5.74, 6) is 0.618. The van der Waals surface area contributed by atoms with Crippen molar-refractivity contribution >= 4 is 55.8 Å². The minimum absolute atomic E-state index is 0.106. The van der Waals surface area contributed by atoms with E-state index >= 15 is 0 Å². The number of halogens is 1. The first-order valence-corrected chi connectivity index (χ1v) is 8.10. The van der Waals surface area contributed by atoms with Crippen LogP contribution >= 0.6 is 39.0 Å². The highest BCUT2D eigenvalue weighted by Gasteiger charge is 2.06. The molecule has 0 atom stereocenters. The summed E-state index contributed by atoms with van der Waals surface area (Å²) in [4.78, 5) is 16.3. The minimum Gasteiger partial charge on any atom is -0.398 e. The predicted octanol–water partition coefficient (Wildman–Crippen LogP) is 3.74. The maximum Gasteiger partial charge on any atom is 0.223 e. The van der Waals surface area contributed by atoms with Gasteiger partial charge in [-0.2, -0.15) is 0 Å². The Labute approximate surface area is 127 Å². The molecule has 1 heterocycles. The van der Waals surface area contributed by atoms with Crippen LogP contribution in [-0.2, 0) is 10.5 Å². The van der Waals surface area contributed by atoms with E-state index in [1.54, 1.807) is 11.8 Å². The zero-order valence-corrected chi connectivity index (χ0v) is 13.4. The van der Waals surface area contributed by atoms with Gasteiger partial charge in [-0.1, -0.05) is 15.9 Å². The van der Waals surface area contributed by atoms with Crippen LogP contribution in [0.2, 0.25) is 0 Å². The average molecular weight is 358 g/mol. The summed E-state index contributed by atoms with van der Waals surface area (Å²) >= 11 is 6.43. The van der Waals surface area contributed by atoms with E-state index in [2.05, 4.69) is 26.2 Å². The molecule has 1 amide bonds. The smallest absolute Gasteiger partial charge is 0.223 e. The summed E-state index contributed by atoms with van der Waals surface area (Å²) in [6.07, 6.45) is 0. The number of carbonyl (C=O) groups is 1. The zero-order valence-electron chi connectivity index (χ0n) is 10.1. The third-order valence-electron chi connectivity index (χ3n) is 2.18. The van der Waals surface area contributed by atoms with Crippen LogP contribution in [-0.4, -0.2) is 10.9 Å². The number of nitrogens with two attached hydrogens (primary N) is 1. The maximum atomic E-state index is 10.9. The number of rotatable bonds is 4. The molecule has 19 heavy (non-hydrogen) atoms. The number of nitrogen functional groups attached to an aromatic ring is 1. The van der Waals surface area contributed by atoms with Crippen LogP contribution in [0.25, 0.3) is 0 Å². The summed E-state index contributed by atoms with van der Waals surface area (Å²) in [6, 6.07) is 5.82. The van der Waals surface area contributed by atoms with Crippen LogP contribution in [0.4, 0.5) is 10.8 Å². The molecule has 0 unspecified atom stereocenters. The van der Waals surface area contributed by atoms with E-state index in [1.165, 1.54) is 18.3 Å². The molecule has 7 heteroatoms. The highest BCUT2D eigenvalue weighted by Crippen LogP contribution is 2.31. The van der Waals surface area contributed by atoms with Gasteiger partial charge in [0.15, 0.2) is 5.13 Å². The van der Waals surface area contributed by atoms with E-state index in [9.17, 15) is 4.79 Å². The Morgan fingerprint density at radius 1 is 1.58 bits per heavy atom. The van der Waals surface area contributed by atoms with Crippen molar-refractivity contribution in [2.24, 2.45) is 0 Å². The van der Waals surface area contributed by atoms with Crippen molar-refractivity contribution < 1.29 is 4.79 Å². The molecule has 0 fully saturated rings. The summed E-state index contributed by atoms with van der Waals surface area (Å²) in [5, 5.41) is 5.24. The van der Waals surface area contributed by atoms with Gasteiger partial charge in [-0.3, -0.25) is 4.79 Å². The Balaban J connectivity index is 1.98. The lowest BCUT2D eigenvalue weighted by Gasteiger charge is -2.04. The first-order chi connectivity index (χ1) is 9.04. The van der Waals surface area contributed by atoms with E-state index in [1.807, 2.05) is 23.6 Å². The molecule has 0 radical (unpaired) electrons. The molecule has 4 nitrogen and oxygen atoms in total. The molecule has 3 N–H and O–H groups in total. The number of hydrogen-bond acceptors (Lipinski definition) is 5. The Hall–Kier alpha value is -1.05. The molecule has 2 aromatic rings. The molecule has 2 rings (SSSR count). The Kier molecular flexibility index (Phi) is 4.84. The second kappa shape index (κ2) is 6.40. The van der Waals surface area contributed by atoms with Gasteiger partial charge >= 0.3 is 0 Å². The molecule has 0 aliphatic rings. The first kappa shape index (κ1) is 14.4. The van der Waals surface area contributed by atoms with Crippen molar-refractivity contribution in [1.29, 1.82) is 0 Å². The lowest BCUT2D eigenvalue weighted by Crippen LogP contribution is -2.05. The van der Waals surface area contributed by atoms with Crippen LogP contribution in [0, 0.1) is 0 Å². The van der Waals surface area contributed by atoms with Crippen LogP contribution < -0.4 is 11.1 Å². The number of nitrogens with one attached hydrogen (secondary N) is 1. The monoisotopic (exact) mass is 357 g/mol. The van der Waals surface area contributed by atoms with E-state index in [-0.39, 0.29) is 5.91 Å². The molecule has 100 valence electrons. The van der Waals surface area contributed by atoms with Crippen LogP contribution in [0.3, 0.4) is 0 Å². The van der Waals surface area contributed by atoms with Crippen molar-refractivity contribution in [3.05, 3.63) is 33.7 Å². The fraction of sp³-hybridized carbons (Fsp3) is 0.167. The van der Waals surface area contributed by atoms with Gasteiger partial charge in [-0.05, 0) is 18.2 Å². The lowest BCUT2D eigenvalue weighted by atomic mass is 10.3. The van der Waals surface area contributed by atoms with Gasteiger partial charge in [0.25, 0.3) is 0 Å². The third kappa shape index (κ3) is 4.22. The number of thioether (sulfide) groups is 1. The fourth-order valence-electron chi connectivity index (χ4n) is 1.38. The second-order valence-corrected chi connectivity index (χ2v) is 6.59. The SMILES string of the molecule is CC(=O)Nc1nc(CSc2ccc(Br)cc2N)cs1. The summed E-state index contributed by atoms with van der Waals surface area (Å²) in [7, 11) is 0. The summed E-state index contributed by atoms with van der Waals surface area (Å²) in [6.45, 7) is 1.47. The summed E-state index contributed by atoms with van der Waals surface area (Å²) < 4.78 is 0.968. The van der Waals surface area contributed by atoms with Gasteiger partial charge in [0.05, 0.1) is 5.69 Å². The first-order valence-electron chi connectivity index (χ1n) is 5.44. The molecular weight excluding hydrogens is 346 g/mol. The zero-order chi connectivity index (χ0) is 13.8. The standard InChI is InChI=1S/C12H12BrN3OS2/c1-7(17)15-12-16-9(6-19-12)5-18-11-3-2-8(13)4-10(11)14/h2-4,6H,5,14H2,1H3,(H,15,16,17). The van der Waals surface area contributed by atoms with Crippen molar-refractivity contribution in [2.75, 3.05) is 11.1 Å². The quantitative estimate of drug-likeness (QED) is 0.645. The Morgan fingerprint density at radius 3 is 3.05 bits per heavy atom. The normalized spacial score (nSPS) is 10.4. The predicted molar refractivity (Wildman–Crippen MR) is 84.5 cm³/mol. The second-order valence-electron chi connectivity index (χ2n) is 3.80. The van der Waals surface area contributed by atoms with E-state index < -0.39 is 0 Å². The van der Waals surface area contributed by atoms with Gasteiger partial charge < -0.3 is 11.1 Å². The van der Waals surface area contributed by atoms with Crippen molar-refractivity contribution in [1.82, 2.24) is 4.98 Å². The maximum absolute atomic E-state index is 10.9. The van der Waals surface area contributed by atoms with Crippen molar-refractivity contribution in [3.63, 3.8) is 0 Å². The van der Waals surface area contributed by atoms with Gasteiger partial charge in [0.1, 0.15) is 0 Å². The largest absolute Gasteiger partial charge is 0.398 e. The fourth-order valence-corrected chi connectivity index (χ4v) is 3.47. The molecule has 0 bridgehead atoms. The molecule has 0 saturated heterocycles. The molecular formula is C12H12BrN3OS2. The average Bonchev–Trinajstić information content (AvgIpc) is 2.74. The number of nitrogens with zero attached hydrogens (tertiary/aromatic N) is 1. The topological polar surface area (TPSA) is 68.0 Å². The third-order valence-corrected chi connectivity index (χ3v) is 4.60. The Bertz CT molecular complexity index is 600. The Morgan fingerprint density at radius 2 is 2.37 bits per heavy atom. The molecule has 0 spiro atoms. The number of carbonyl (C=O) groups excluding carboxylic acids is 1. The number of aromatic nitrogens is 1. The summed E-state index contributed by atoms with van der Waals surface area (Å²) in [5.41, 5.74) is 7.61. The number of thiazole rings is 1. The minimum atomic E-state index is -0.106. The lowest BCUT2D eigenvalue weighted by molar-refractivity contribution is -0.114. The highest BCUT2D eigenvalue weighted by atomic mass is 79.9. The van der Waals surface area contributed by atoms with Gasteiger partial charge in [0.2, 0.25) is 5.91 Å².